The lowest BCUT2D eigenvalue weighted by Gasteiger charge is -2.21. The van der Waals surface area contributed by atoms with Gasteiger partial charge in [-0.3, -0.25) is 9.59 Å². The van der Waals surface area contributed by atoms with Gasteiger partial charge in [-0.1, -0.05) is 0 Å². The highest BCUT2D eigenvalue weighted by Gasteiger charge is 2.21. The number of amides is 2. The van der Waals surface area contributed by atoms with Crippen molar-refractivity contribution < 1.29 is 14.4 Å². The van der Waals surface area contributed by atoms with Crippen molar-refractivity contribution in [2.24, 2.45) is 0 Å². The summed E-state index contributed by atoms with van der Waals surface area (Å²) in [5.74, 6) is -0.294. The maximum Gasteiger partial charge on any atom is 0.243 e. The second-order valence-corrected chi connectivity index (χ2v) is 3.44. The highest BCUT2D eigenvalue weighted by molar-refractivity contribution is 5.85. The van der Waals surface area contributed by atoms with Crippen LogP contribution in [0.3, 0.4) is 0 Å². The van der Waals surface area contributed by atoms with E-state index in [1.165, 1.54) is 11.9 Å². The summed E-state index contributed by atoms with van der Waals surface area (Å²) in [5.41, 5.74) is 0. The number of aldehydes is 1. The molecule has 0 fully saturated rings. The quantitative estimate of drug-likeness (QED) is 0.383. The lowest BCUT2D eigenvalue weighted by molar-refractivity contribution is -0.133. The Morgan fingerprint density at radius 2 is 2.06 bits per heavy atom. The van der Waals surface area contributed by atoms with Gasteiger partial charge in [0.1, 0.15) is 12.3 Å². The lowest BCUT2D eigenvalue weighted by atomic mass is 10.2. The molecule has 6 heteroatoms. The van der Waals surface area contributed by atoms with E-state index in [2.05, 4.69) is 10.6 Å². The molecular weight excluding hydrogens is 210 g/mol. The Morgan fingerprint density at radius 3 is 2.56 bits per heavy atom. The van der Waals surface area contributed by atoms with Gasteiger partial charge in [0.2, 0.25) is 12.3 Å². The molecule has 0 aromatic heterocycles. The molecule has 0 unspecified atom stereocenters. The molecule has 0 rings (SSSR count). The molecule has 6 nitrogen and oxygen atoms in total. The van der Waals surface area contributed by atoms with Crippen LogP contribution in [0.4, 0.5) is 0 Å². The van der Waals surface area contributed by atoms with Gasteiger partial charge >= 0.3 is 0 Å². The van der Waals surface area contributed by atoms with Crippen molar-refractivity contribution in [3.05, 3.63) is 0 Å². The molecule has 0 spiro atoms. The number of nitrogens with zero attached hydrogens (tertiary/aromatic N) is 1. The van der Waals surface area contributed by atoms with E-state index in [0.29, 0.717) is 19.2 Å². The van der Waals surface area contributed by atoms with Crippen molar-refractivity contribution >= 4 is 18.6 Å². The minimum Gasteiger partial charge on any atom is -0.354 e. The van der Waals surface area contributed by atoms with Crippen molar-refractivity contribution in [2.45, 2.75) is 18.9 Å². The van der Waals surface area contributed by atoms with Crippen molar-refractivity contribution in [3.63, 3.8) is 0 Å². The first-order chi connectivity index (χ1) is 7.67. The van der Waals surface area contributed by atoms with E-state index in [9.17, 15) is 14.4 Å². The van der Waals surface area contributed by atoms with Crippen LogP contribution in [-0.4, -0.2) is 56.7 Å². The van der Waals surface area contributed by atoms with Crippen LogP contribution >= 0.6 is 0 Å². The number of likely N-dealkylation sites (N-methyl/N-ethyl adjacent to an activating group) is 1. The van der Waals surface area contributed by atoms with E-state index < -0.39 is 6.04 Å². The van der Waals surface area contributed by atoms with Crippen LogP contribution in [0.25, 0.3) is 0 Å². The molecule has 92 valence electrons. The van der Waals surface area contributed by atoms with Crippen LogP contribution < -0.4 is 10.6 Å². The van der Waals surface area contributed by atoms with Gasteiger partial charge in [-0.05, 0) is 20.0 Å². The monoisotopic (exact) mass is 229 g/mol. The average molecular weight is 229 g/mol. The smallest absolute Gasteiger partial charge is 0.243 e. The number of hydrogen-bond donors (Lipinski definition) is 2. The van der Waals surface area contributed by atoms with E-state index in [1.807, 2.05) is 7.05 Å². The van der Waals surface area contributed by atoms with Crippen LogP contribution in [0.1, 0.15) is 12.8 Å². The van der Waals surface area contributed by atoms with Crippen LogP contribution in [-0.2, 0) is 14.4 Å². The van der Waals surface area contributed by atoms with Crippen LogP contribution in [0, 0.1) is 0 Å². The fourth-order valence-corrected chi connectivity index (χ4v) is 1.22. The van der Waals surface area contributed by atoms with Gasteiger partial charge in [-0.2, -0.15) is 0 Å². The van der Waals surface area contributed by atoms with Crippen LogP contribution in [0.5, 0.6) is 0 Å². The summed E-state index contributed by atoms with van der Waals surface area (Å²) < 4.78 is 0. The Morgan fingerprint density at radius 1 is 1.38 bits per heavy atom. The first kappa shape index (κ1) is 14.6. The summed E-state index contributed by atoms with van der Waals surface area (Å²) in [5, 5.41) is 5.63. The Kier molecular flexibility index (Phi) is 8.05. The van der Waals surface area contributed by atoms with Crippen LogP contribution in [0.15, 0.2) is 0 Å². The third-order valence-corrected chi connectivity index (χ3v) is 2.18. The topological polar surface area (TPSA) is 78.5 Å². The summed E-state index contributed by atoms with van der Waals surface area (Å²) in [6.45, 7) is 1.34. The molecule has 2 amide bonds. The molecule has 0 aliphatic carbocycles. The molecule has 1 atom stereocenters. The minimum atomic E-state index is -0.704. The Bertz CT molecular complexity index is 233. The van der Waals surface area contributed by atoms with Crippen molar-refractivity contribution in [3.8, 4) is 0 Å². The normalized spacial score (nSPS) is 11.6. The summed E-state index contributed by atoms with van der Waals surface area (Å²) in [6.07, 6.45) is 2.01. The maximum absolute atomic E-state index is 11.6. The van der Waals surface area contributed by atoms with Crippen LogP contribution in [0.2, 0.25) is 0 Å². The summed E-state index contributed by atoms with van der Waals surface area (Å²) in [4.78, 5) is 33.7. The maximum atomic E-state index is 11.6. The SMILES string of the molecule is CNCCCNC(=O)[C@H](CC=O)N(C)C=O. The van der Waals surface area contributed by atoms with Gasteiger partial charge < -0.3 is 20.3 Å². The molecule has 0 heterocycles. The largest absolute Gasteiger partial charge is 0.354 e. The predicted molar refractivity (Wildman–Crippen MR) is 59.8 cm³/mol. The molecule has 0 saturated carbocycles. The molecular formula is C10H19N3O3. The Labute approximate surface area is 95.4 Å². The minimum absolute atomic E-state index is 0.0209. The Balaban J connectivity index is 4.06. The van der Waals surface area contributed by atoms with Crippen molar-refractivity contribution in [1.29, 1.82) is 0 Å². The summed E-state index contributed by atoms with van der Waals surface area (Å²) >= 11 is 0. The average Bonchev–Trinajstić information content (AvgIpc) is 2.30. The van der Waals surface area contributed by atoms with E-state index in [0.717, 1.165) is 13.0 Å². The third-order valence-electron chi connectivity index (χ3n) is 2.18. The molecule has 0 aliphatic rings. The fourth-order valence-electron chi connectivity index (χ4n) is 1.22. The summed E-state index contributed by atoms with van der Waals surface area (Å²) in [7, 11) is 3.31. The number of nitrogens with one attached hydrogen (secondary N) is 2. The summed E-state index contributed by atoms with van der Waals surface area (Å²) in [6, 6.07) is -0.704. The van der Waals surface area contributed by atoms with E-state index in [4.69, 9.17) is 0 Å². The third kappa shape index (κ3) is 5.45. The standard InChI is InChI=1S/C10H19N3O3/c1-11-5-3-6-12-10(16)9(4-7-14)13(2)8-15/h7-9,11H,3-6H2,1-2H3,(H,12,16)/t9-/m0/s1. The highest BCUT2D eigenvalue weighted by Crippen LogP contribution is 1.98. The Hall–Kier alpha value is -1.43. The molecule has 0 aromatic rings. The molecule has 2 N–H and O–H groups in total. The molecule has 0 aliphatic heterocycles. The molecule has 0 radical (unpaired) electrons. The zero-order chi connectivity index (χ0) is 12.4. The fraction of sp³-hybridized carbons (Fsp3) is 0.700. The predicted octanol–water partition coefficient (Wildman–Crippen LogP) is -1.24. The van der Waals surface area contributed by atoms with E-state index >= 15 is 0 Å². The molecule has 0 bridgehead atoms. The molecule has 0 saturated heterocycles. The first-order valence-corrected chi connectivity index (χ1v) is 5.20. The number of rotatable bonds is 9. The first-order valence-electron chi connectivity index (χ1n) is 5.20. The zero-order valence-electron chi connectivity index (χ0n) is 9.73. The van der Waals surface area contributed by atoms with Gasteiger partial charge in [-0.15, -0.1) is 0 Å². The number of hydrogen-bond acceptors (Lipinski definition) is 4. The number of carbonyl (C=O) groups is 3. The van der Waals surface area contributed by atoms with Gasteiger partial charge in [0.15, 0.2) is 0 Å². The zero-order valence-corrected chi connectivity index (χ0v) is 9.73. The van der Waals surface area contributed by atoms with Crippen molar-refractivity contribution in [1.82, 2.24) is 15.5 Å². The lowest BCUT2D eigenvalue weighted by Crippen LogP contribution is -2.45. The van der Waals surface area contributed by atoms with E-state index in [1.54, 1.807) is 0 Å². The second-order valence-electron chi connectivity index (χ2n) is 3.44. The molecule has 0 aromatic carbocycles. The van der Waals surface area contributed by atoms with Gasteiger partial charge in [0.25, 0.3) is 0 Å². The van der Waals surface area contributed by atoms with Crippen molar-refractivity contribution in [2.75, 3.05) is 27.2 Å². The van der Waals surface area contributed by atoms with E-state index in [-0.39, 0.29) is 12.3 Å². The molecule has 16 heavy (non-hydrogen) atoms. The van der Waals surface area contributed by atoms with Gasteiger partial charge in [-0.25, -0.2) is 0 Å². The van der Waals surface area contributed by atoms with Gasteiger partial charge in [0, 0.05) is 20.0 Å². The highest BCUT2D eigenvalue weighted by atomic mass is 16.2. The second kappa shape index (κ2) is 8.84. The number of carbonyl (C=O) groups excluding carboxylic acids is 3. The van der Waals surface area contributed by atoms with Gasteiger partial charge in [0.05, 0.1) is 0 Å².